The molecule has 1 aromatic carbocycles. The summed E-state index contributed by atoms with van der Waals surface area (Å²) in [4.78, 5) is 35.7. The van der Waals surface area contributed by atoms with Crippen molar-refractivity contribution < 1.29 is 19.1 Å². The minimum Gasteiger partial charge on any atom is -0.456 e. The third-order valence-electron chi connectivity index (χ3n) is 5.15. The average molecular weight is 395 g/mol. The molecule has 0 unspecified atom stereocenters. The number of nitrogens with one attached hydrogen (secondary N) is 2. The van der Waals surface area contributed by atoms with Crippen molar-refractivity contribution in [3.8, 4) is 0 Å². The number of rotatable bonds is 7. The molecule has 0 heterocycles. The maximum absolute atomic E-state index is 12.0. The van der Waals surface area contributed by atoms with Gasteiger partial charge in [-0.1, -0.05) is 50.4 Å². The quantitative estimate of drug-likeness (QED) is 0.696. The van der Waals surface area contributed by atoms with Crippen molar-refractivity contribution in [2.75, 3.05) is 13.2 Å². The Kier molecular flexibility index (Phi) is 8.10. The third-order valence-corrected chi connectivity index (χ3v) is 5.48. The zero-order valence-electron chi connectivity index (χ0n) is 15.8. The highest BCUT2D eigenvalue weighted by molar-refractivity contribution is 6.33. The van der Waals surface area contributed by atoms with Crippen LogP contribution in [0.5, 0.6) is 0 Å². The Hall–Kier alpha value is -2.08. The molecule has 1 saturated carbocycles. The molecule has 1 aliphatic rings. The SMILES string of the molecule is C[C@H]1[C@H](C)CCC[C@@H]1NC(=O)COC(=O)CCNC(=O)c1ccccc1Cl. The minimum absolute atomic E-state index is 0.0136. The highest BCUT2D eigenvalue weighted by Crippen LogP contribution is 2.29. The van der Waals surface area contributed by atoms with Crippen LogP contribution in [0.2, 0.25) is 5.02 Å². The fraction of sp³-hybridized carbons (Fsp3) is 0.550. The van der Waals surface area contributed by atoms with Gasteiger partial charge >= 0.3 is 5.97 Å². The molecule has 1 aliphatic carbocycles. The molecule has 0 radical (unpaired) electrons. The van der Waals surface area contributed by atoms with Gasteiger partial charge in [0, 0.05) is 12.6 Å². The van der Waals surface area contributed by atoms with Gasteiger partial charge in [-0.25, -0.2) is 0 Å². The van der Waals surface area contributed by atoms with E-state index in [1.165, 1.54) is 6.42 Å². The van der Waals surface area contributed by atoms with Crippen molar-refractivity contribution in [3.63, 3.8) is 0 Å². The number of amides is 2. The van der Waals surface area contributed by atoms with E-state index in [0.29, 0.717) is 22.4 Å². The molecule has 0 spiro atoms. The lowest BCUT2D eigenvalue weighted by Gasteiger charge is -2.34. The highest BCUT2D eigenvalue weighted by Gasteiger charge is 2.28. The largest absolute Gasteiger partial charge is 0.456 e. The van der Waals surface area contributed by atoms with Crippen LogP contribution in [0.3, 0.4) is 0 Å². The molecule has 0 aliphatic heterocycles. The first kappa shape index (κ1) is 21.2. The Balaban J connectivity index is 1.65. The Bertz CT molecular complexity index is 680. The van der Waals surface area contributed by atoms with Gasteiger partial charge in [-0.3, -0.25) is 14.4 Å². The lowest BCUT2D eigenvalue weighted by Crippen LogP contribution is -2.45. The van der Waals surface area contributed by atoms with Gasteiger partial charge in [-0.2, -0.15) is 0 Å². The zero-order valence-corrected chi connectivity index (χ0v) is 16.6. The Morgan fingerprint density at radius 2 is 1.93 bits per heavy atom. The van der Waals surface area contributed by atoms with E-state index in [9.17, 15) is 14.4 Å². The summed E-state index contributed by atoms with van der Waals surface area (Å²) in [6.07, 6.45) is 3.23. The van der Waals surface area contributed by atoms with E-state index in [0.717, 1.165) is 12.8 Å². The summed E-state index contributed by atoms with van der Waals surface area (Å²) in [5.74, 6) is -0.178. The summed E-state index contributed by atoms with van der Waals surface area (Å²) in [5.41, 5.74) is 0.350. The van der Waals surface area contributed by atoms with Gasteiger partial charge < -0.3 is 15.4 Å². The summed E-state index contributed by atoms with van der Waals surface area (Å²) < 4.78 is 4.99. The summed E-state index contributed by atoms with van der Waals surface area (Å²) in [6.45, 7) is 4.15. The van der Waals surface area contributed by atoms with Crippen LogP contribution in [0.25, 0.3) is 0 Å². The zero-order chi connectivity index (χ0) is 19.8. The first-order valence-electron chi connectivity index (χ1n) is 9.36. The van der Waals surface area contributed by atoms with E-state index in [2.05, 4.69) is 24.5 Å². The lowest BCUT2D eigenvalue weighted by molar-refractivity contribution is -0.148. The van der Waals surface area contributed by atoms with Crippen molar-refractivity contribution in [1.29, 1.82) is 0 Å². The molecule has 27 heavy (non-hydrogen) atoms. The average Bonchev–Trinajstić information content (AvgIpc) is 2.64. The van der Waals surface area contributed by atoms with Gasteiger partial charge in [0.1, 0.15) is 0 Å². The van der Waals surface area contributed by atoms with E-state index >= 15 is 0 Å². The number of hydrogen-bond acceptors (Lipinski definition) is 4. The van der Waals surface area contributed by atoms with Crippen LogP contribution in [0.1, 0.15) is 49.9 Å². The Morgan fingerprint density at radius 3 is 2.67 bits per heavy atom. The second-order valence-corrected chi connectivity index (χ2v) is 7.49. The van der Waals surface area contributed by atoms with Crippen LogP contribution in [0.4, 0.5) is 0 Å². The molecule has 2 amide bonds. The molecular formula is C20H27ClN2O4. The molecule has 1 fully saturated rings. The van der Waals surface area contributed by atoms with E-state index in [1.54, 1.807) is 24.3 Å². The topological polar surface area (TPSA) is 84.5 Å². The van der Waals surface area contributed by atoms with Crippen LogP contribution < -0.4 is 10.6 Å². The summed E-state index contributed by atoms with van der Waals surface area (Å²) in [5, 5.41) is 5.91. The standard InChI is InChI=1S/C20H27ClN2O4/c1-13-6-5-9-17(14(13)2)23-18(24)12-27-19(25)10-11-22-20(26)15-7-3-4-8-16(15)21/h3-4,7-8,13-14,17H,5-6,9-12H2,1-2H3,(H,22,26)(H,23,24)/t13-,14+,17+/m1/s1. The van der Waals surface area contributed by atoms with Crippen molar-refractivity contribution in [3.05, 3.63) is 34.9 Å². The number of halogens is 1. The molecule has 1 aromatic rings. The number of carbonyl (C=O) groups is 3. The summed E-state index contributed by atoms with van der Waals surface area (Å²) in [7, 11) is 0. The maximum atomic E-state index is 12.0. The molecule has 7 heteroatoms. The van der Waals surface area contributed by atoms with Crippen molar-refractivity contribution >= 4 is 29.4 Å². The Morgan fingerprint density at radius 1 is 1.19 bits per heavy atom. The molecule has 0 bridgehead atoms. The van der Waals surface area contributed by atoms with Crippen LogP contribution in [-0.2, 0) is 14.3 Å². The second-order valence-electron chi connectivity index (χ2n) is 7.09. The monoisotopic (exact) mass is 394 g/mol. The highest BCUT2D eigenvalue weighted by atomic mass is 35.5. The predicted molar refractivity (Wildman–Crippen MR) is 103 cm³/mol. The summed E-state index contributed by atoms with van der Waals surface area (Å²) in [6, 6.07) is 6.80. The van der Waals surface area contributed by atoms with E-state index in [-0.39, 0.29) is 37.4 Å². The second kappa shape index (κ2) is 10.3. The molecule has 148 valence electrons. The lowest BCUT2D eigenvalue weighted by atomic mass is 9.78. The van der Waals surface area contributed by atoms with Gasteiger partial charge in [0.25, 0.3) is 11.8 Å². The van der Waals surface area contributed by atoms with Gasteiger partial charge in [-0.05, 0) is 30.4 Å². The van der Waals surface area contributed by atoms with Crippen molar-refractivity contribution in [1.82, 2.24) is 10.6 Å². The number of benzene rings is 1. The van der Waals surface area contributed by atoms with Crippen LogP contribution in [0.15, 0.2) is 24.3 Å². The smallest absolute Gasteiger partial charge is 0.308 e. The molecule has 2 rings (SSSR count). The normalized spacial score (nSPS) is 22.0. The minimum atomic E-state index is -0.533. The van der Waals surface area contributed by atoms with Crippen LogP contribution in [0, 0.1) is 11.8 Å². The van der Waals surface area contributed by atoms with E-state index in [4.69, 9.17) is 16.3 Å². The molecule has 3 atom stereocenters. The van der Waals surface area contributed by atoms with E-state index in [1.807, 2.05) is 0 Å². The fourth-order valence-electron chi connectivity index (χ4n) is 3.27. The number of esters is 1. The summed E-state index contributed by atoms with van der Waals surface area (Å²) >= 11 is 5.95. The van der Waals surface area contributed by atoms with Gasteiger partial charge in [-0.15, -0.1) is 0 Å². The van der Waals surface area contributed by atoms with Gasteiger partial charge in [0.2, 0.25) is 0 Å². The molecular weight excluding hydrogens is 368 g/mol. The van der Waals surface area contributed by atoms with Crippen LogP contribution >= 0.6 is 11.6 Å². The number of hydrogen-bond donors (Lipinski definition) is 2. The maximum Gasteiger partial charge on any atom is 0.308 e. The van der Waals surface area contributed by atoms with Crippen molar-refractivity contribution in [2.24, 2.45) is 11.8 Å². The number of ether oxygens (including phenoxy) is 1. The Labute approximate surface area is 165 Å². The van der Waals surface area contributed by atoms with Crippen LogP contribution in [-0.4, -0.2) is 37.0 Å². The predicted octanol–water partition coefficient (Wildman–Crippen LogP) is 2.94. The fourth-order valence-corrected chi connectivity index (χ4v) is 3.49. The van der Waals surface area contributed by atoms with Crippen molar-refractivity contribution in [2.45, 2.75) is 45.6 Å². The van der Waals surface area contributed by atoms with Gasteiger partial charge in [0.05, 0.1) is 17.0 Å². The first-order chi connectivity index (χ1) is 12.9. The third kappa shape index (κ3) is 6.54. The van der Waals surface area contributed by atoms with E-state index < -0.39 is 5.97 Å². The molecule has 2 N–H and O–H groups in total. The van der Waals surface area contributed by atoms with Gasteiger partial charge in [0.15, 0.2) is 6.61 Å². The number of carbonyl (C=O) groups excluding carboxylic acids is 3. The first-order valence-corrected chi connectivity index (χ1v) is 9.74. The molecule has 6 nitrogen and oxygen atoms in total. The molecule has 0 saturated heterocycles. The molecule has 0 aromatic heterocycles.